The Bertz CT molecular complexity index is 283. The lowest BCUT2D eigenvalue weighted by atomic mass is 9.76. The molecule has 1 N–H and O–H groups in total. The topological polar surface area (TPSA) is 21.3 Å². The van der Waals surface area contributed by atoms with Gasteiger partial charge in [0.2, 0.25) is 0 Å². The van der Waals surface area contributed by atoms with Crippen LogP contribution in [0.15, 0.2) is 0 Å². The normalized spacial score (nSPS) is 37.6. The first-order valence-corrected chi connectivity index (χ1v) is 9.57. The van der Waals surface area contributed by atoms with Gasteiger partial charge in [-0.3, -0.25) is 0 Å². The van der Waals surface area contributed by atoms with Crippen LogP contribution in [0.25, 0.3) is 0 Å². The first kappa shape index (κ1) is 17.3. The van der Waals surface area contributed by atoms with E-state index in [1.54, 1.807) is 0 Å². The van der Waals surface area contributed by atoms with Crippen LogP contribution in [0.5, 0.6) is 0 Å². The van der Waals surface area contributed by atoms with Gasteiger partial charge in [0, 0.05) is 6.54 Å². The highest BCUT2D eigenvalue weighted by Gasteiger charge is 2.39. The zero-order valence-electron chi connectivity index (χ0n) is 14.6. The van der Waals surface area contributed by atoms with Gasteiger partial charge in [-0.05, 0) is 56.9 Å². The molecule has 0 spiro atoms. The molecule has 0 amide bonds. The molecule has 0 radical (unpaired) electrons. The van der Waals surface area contributed by atoms with Crippen LogP contribution >= 0.6 is 0 Å². The van der Waals surface area contributed by atoms with Crippen molar-refractivity contribution in [1.82, 2.24) is 5.32 Å². The third-order valence-electron chi connectivity index (χ3n) is 5.84. The molecule has 2 saturated carbocycles. The van der Waals surface area contributed by atoms with Crippen LogP contribution in [0.2, 0.25) is 0 Å². The Morgan fingerprint density at radius 3 is 2.38 bits per heavy atom. The van der Waals surface area contributed by atoms with Crippen molar-refractivity contribution in [2.75, 3.05) is 13.1 Å². The van der Waals surface area contributed by atoms with E-state index in [2.05, 4.69) is 26.1 Å². The Morgan fingerprint density at radius 2 is 1.76 bits per heavy atom. The molecule has 2 aliphatic rings. The van der Waals surface area contributed by atoms with E-state index in [4.69, 9.17) is 4.74 Å². The lowest BCUT2D eigenvalue weighted by molar-refractivity contribution is -0.142. The molecule has 2 rings (SSSR count). The molecule has 0 bridgehead atoms. The molecule has 2 unspecified atom stereocenters. The smallest absolute Gasteiger partial charge is 0.0810 e. The van der Waals surface area contributed by atoms with Gasteiger partial charge in [0.1, 0.15) is 0 Å². The van der Waals surface area contributed by atoms with Crippen LogP contribution in [-0.2, 0) is 4.74 Å². The number of nitrogens with one attached hydrogen (secondary N) is 1. The fourth-order valence-corrected chi connectivity index (χ4v) is 4.37. The van der Waals surface area contributed by atoms with Crippen molar-refractivity contribution in [1.29, 1.82) is 0 Å². The van der Waals surface area contributed by atoms with Crippen molar-refractivity contribution >= 4 is 0 Å². The molecule has 21 heavy (non-hydrogen) atoms. The molecule has 0 aromatic heterocycles. The van der Waals surface area contributed by atoms with Gasteiger partial charge >= 0.3 is 0 Å². The third kappa shape index (κ3) is 4.96. The van der Waals surface area contributed by atoms with Gasteiger partial charge < -0.3 is 10.1 Å². The molecule has 2 heteroatoms. The Balaban J connectivity index is 1.93. The van der Waals surface area contributed by atoms with Crippen molar-refractivity contribution in [3.63, 3.8) is 0 Å². The van der Waals surface area contributed by atoms with Crippen LogP contribution in [0.1, 0.15) is 85.0 Å². The molecule has 0 saturated heterocycles. The monoisotopic (exact) mass is 295 g/mol. The molecular weight excluding hydrogens is 258 g/mol. The van der Waals surface area contributed by atoms with Gasteiger partial charge in [-0.15, -0.1) is 0 Å². The molecule has 0 aromatic carbocycles. The minimum atomic E-state index is 0.135. The summed E-state index contributed by atoms with van der Waals surface area (Å²) in [4.78, 5) is 0. The number of likely N-dealkylation sites (N-methyl/N-ethyl adjacent to an activating group) is 1. The highest BCUT2D eigenvalue weighted by Crippen LogP contribution is 2.40. The molecule has 2 atom stereocenters. The molecule has 124 valence electrons. The van der Waals surface area contributed by atoms with E-state index < -0.39 is 0 Å². The van der Waals surface area contributed by atoms with Gasteiger partial charge in [-0.25, -0.2) is 0 Å². The van der Waals surface area contributed by atoms with Crippen LogP contribution in [0.4, 0.5) is 0 Å². The second kappa shape index (κ2) is 8.53. The maximum absolute atomic E-state index is 6.80. The fraction of sp³-hybridized carbons (Fsp3) is 1.00. The van der Waals surface area contributed by atoms with Gasteiger partial charge in [0.25, 0.3) is 0 Å². The average molecular weight is 296 g/mol. The molecule has 2 nitrogen and oxygen atoms in total. The summed E-state index contributed by atoms with van der Waals surface area (Å²) in [5.74, 6) is 1.71. The van der Waals surface area contributed by atoms with Gasteiger partial charge in [-0.2, -0.15) is 0 Å². The van der Waals surface area contributed by atoms with E-state index in [1.807, 2.05) is 0 Å². The van der Waals surface area contributed by atoms with Crippen LogP contribution in [0.3, 0.4) is 0 Å². The summed E-state index contributed by atoms with van der Waals surface area (Å²) in [5, 5.41) is 3.59. The minimum absolute atomic E-state index is 0.135. The lowest BCUT2D eigenvalue weighted by Gasteiger charge is -2.45. The number of hydrogen-bond donors (Lipinski definition) is 1. The molecule has 2 aliphatic carbocycles. The number of rotatable bonds is 7. The Morgan fingerprint density at radius 1 is 1.05 bits per heavy atom. The van der Waals surface area contributed by atoms with Crippen molar-refractivity contribution in [2.24, 2.45) is 11.8 Å². The summed E-state index contributed by atoms with van der Waals surface area (Å²) in [5.41, 5.74) is 0.135. The zero-order chi connectivity index (χ0) is 15.1. The summed E-state index contributed by atoms with van der Waals surface area (Å²) < 4.78 is 6.80. The van der Waals surface area contributed by atoms with Crippen molar-refractivity contribution in [3.8, 4) is 0 Å². The Kier molecular flexibility index (Phi) is 7.01. The van der Waals surface area contributed by atoms with Gasteiger partial charge in [0.15, 0.2) is 0 Å². The number of ether oxygens (including phenoxy) is 1. The SMILES string of the molecule is CCCC1CCC(CNCC)(OC2CCCCC2C)CC1. The van der Waals surface area contributed by atoms with E-state index in [-0.39, 0.29) is 5.60 Å². The van der Waals surface area contributed by atoms with Gasteiger partial charge in [-0.1, -0.05) is 46.5 Å². The molecule has 2 fully saturated rings. The summed E-state index contributed by atoms with van der Waals surface area (Å²) >= 11 is 0. The van der Waals surface area contributed by atoms with E-state index in [0.29, 0.717) is 6.10 Å². The average Bonchev–Trinajstić information content (AvgIpc) is 2.50. The van der Waals surface area contributed by atoms with E-state index in [9.17, 15) is 0 Å². The van der Waals surface area contributed by atoms with E-state index in [0.717, 1.165) is 24.9 Å². The van der Waals surface area contributed by atoms with Crippen molar-refractivity contribution in [3.05, 3.63) is 0 Å². The summed E-state index contributed by atoms with van der Waals surface area (Å²) in [7, 11) is 0. The standard InChI is InChI=1S/C19H37NO/c1-4-8-17-11-13-19(14-12-17,15-20-5-2)21-18-10-7-6-9-16(18)3/h16-18,20H,4-15H2,1-3H3. The maximum atomic E-state index is 6.80. The summed E-state index contributed by atoms with van der Waals surface area (Å²) in [6.45, 7) is 9.04. The summed E-state index contributed by atoms with van der Waals surface area (Å²) in [6, 6.07) is 0. The van der Waals surface area contributed by atoms with Crippen LogP contribution in [0, 0.1) is 11.8 Å². The number of hydrogen-bond acceptors (Lipinski definition) is 2. The molecule has 0 aliphatic heterocycles. The fourth-order valence-electron chi connectivity index (χ4n) is 4.37. The quantitative estimate of drug-likeness (QED) is 0.720. The maximum Gasteiger partial charge on any atom is 0.0810 e. The lowest BCUT2D eigenvalue weighted by Crippen LogP contribution is -2.49. The molecule has 0 aromatic rings. The predicted octanol–water partition coefficient (Wildman–Crippen LogP) is 4.92. The molecular formula is C19H37NO. The van der Waals surface area contributed by atoms with E-state index in [1.165, 1.54) is 64.2 Å². The first-order valence-electron chi connectivity index (χ1n) is 9.57. The van der Waals surface area contributed by atoms with Crippen LogP contribution in [-0.4, -0.2) is 24.8 Å². The largest absolute Gasteiger partial charge is 0.370 e. The third-order valence-corrected chi connectivity index (χ3v) is 5.84. The second-order valence-corrected chi connectivity index (χ2v) is 7.61. The second-order valence-electron chi connectivity index (χ2n) is 7.61. The van der Waals surface area contributed by atoms with Gasteiger partial charge in [0.05, 0.1) is 11.7 Å². The van der Waals surface area contributed by atoms with Crippen molar-refractivity contribution < 1.29 is 4.74 Å². The van der Waals surface area contributed by atoms with E-state index >= 15 is 0 Å². The predicted molar refractivity (Wildman–Crippen MR) is 90.6 cm³/mol. The highest BCUT2D eigenvalue weighted by atomic mass is 16.5. The Labute approximate surface area is 132 Å². The van der Waals surface area contributed by atoms with Crippen molar-refractivity contribution in [2.45, 2.75) is 96.7 Å². The minimum Gasteiger partial charge on any atom is -0.370 e. The van der Waals surface area contributed by atoms with Crippen LogP contribution < -0.4 is 5.32 Å². The summed E-state index contributed by atoms with van der Waals surface area (Å²) in [6.07, 6.45) is 14.0. The first-order chi connectivity index (χ1) is 10.2. The molecule has 0 heterocycles. The highest BCUT2D eigenvalue weighted by molar-refractivity contribution is 4.91. The Hall–Kier alpha value is -0.0800. The zero-order valence-corrected chi connectivity index (χ0v) is 14.6.